The molecule has 114 valence electrons. The van der Waals surface area contributed by atoms with Crippen molar-refractivity contribution in [1.29, 1.82) is 0 Å². The maximum absolute atomic E-state index is 13.5. The molecule has 22 heavy (non-hydrogen) atoms. The number of amidine groups is 1. The van der Waals surface area contributed by atoms with Crippen LogP contribution in [-0.2, 0) is 12.4 Å². The summed E-state index contributed by atoms with van der Waals surface area (Å²) in [5.41, 5.74) is 7.71. The molecule has 0 bridgehead atoms. The molecular formula is C16H16FN3OS. The van der Waals surface area contributed by atoms with Crippen molar-refractivity contribution in [3.63, 3.8) is 0 Å². The van der Waals surface area contributed by atoms with Gasteiger partial charge in [0.2, 0.25) is 0 Å². The third-order valence-electron chi connectivity index (χ3n) is 2.84. The molecule has 2 aromatic rings. The third kappa shape index (κ3) is 4.98. The van der Waals surface area contributed by atoms with Gasteiger partial charge in [-0.15, -0.1) is 5.10 Å². The number of rotatable bonds is 5. The van der Waals surface area contributed by atoms with Gasteiger partial charge >= 0.3 is 0 Å². The zero-order chi connectivity index (χ0) is 15.8. The van der Waals surface area contributed by atoms with E-state index in [1.54, 1.807) is 6.07 Å². The lowest BCUT2D eigenvalue weighted by Gasteiger charge is -2.00. The van der Waals surface area contributed by atoms with Crippen molar-refractivity contribution >= 4 is 23.1 Å². The fraction of sp³-hybridized carbons (Fsp3) is 0.125. The van der Waals surface area contributed by atoms with E-state index in [2.05, 4.69) is 10.2 Å². The van der Waals surface area contributed by atoms with Crippen LogP contribution in [0.4, 0.5) is 4.39 Å². The van der Waals surface area contributed by atoms with E-state index in [9.17, 15) is 4.39 Å². The monoisotopic (exact) mass is 317 g/mol. The second-order valence-electron chi connectivity index (χ2n) is 4.47. The van der Waals surface area contributed by atoms with Crippen LogP contribution in [0, 0.1) is 5.82 Å². The molecule has 2 aromatic carbocycles. The lowest BCUT2D eigenvalue weighted by Crippen LogP contribution is -2.06. The Kier molecular flexibility index (Phi) is 6.12. The Bertz CT molecular complexity index is 674. The first-order chi connectivity index (χ1) is 10.7. The summed E-state index contributed by atoms with van der Waals surface area (Å²) >= 11 is 1.38. The lowest BCUT2D eigenvalue weighted by atomic mass is 10.1. The second kappa shape index (κ2) is 8.31. The second-order valence-corrected chi connectivity index (χ2v) is 5.46. The number of hydrogen-bond donors (Lipinski definition) is 2. The molecule has 0 aliphatic rings. The van der Waals surface area contributed by atoms with E-state index in [1.807, 2.05) is 30.3 Å². The van der Waals surface area contributed by atoms with E-state index in [1.165, 1.54) is 30.1 Å². The number of thioether (sulfide) groups is 1. The van der Waals surface area contributed by atoms with Crippen LogP contribution >= 0.6 is 11.8 Å². The Balaban J connectivity index is 1.91. The Morgan fingerprint density at radius 1 is 1.23 bits per heavy atom. The minimum atomic E-state index is -0.471. The predicted octanol–water partition coefficient (Wildman–Crippen LogP) is 2.90. The van der Waals surface area contributed by atoms with E-state index in [0.29, 0.717) is 16.5 Å². The standard InChI is InChI=1S/C16H16FN3OS/c17-15-8-13(6-7-14(15)10-21)9-19-20-16(18)22-11-12-4-2-1-3-5-12/h1-9,21H,10-11H2,(H2,18,20). The van der Waals surface area contributed by atoms with Crippen LogP contribution in [0.1, 0.15) is 16.7 Å². The van der Waals surface area contributed by atoms with Gasteiger partial charge < -0.3 is 10.8 Å². The maximum Gasteiger partial charge on any atom is 0.180 e. The number of halogens is 1. The van der Waals surface area contributed by atoms with Gasteiger partial charge in [0.1, 0.15) is 5.82 Å². The quantitative estimate of drug-likeness (QED) is 0.506. The van der Waals surface area contributed by atoms with Crippen LogP contribution in [0.5, 0.6) is 0 Å². The van der Waals surface area contributed by atoms with Crippen LogP contribution in [0.15, 0.2) is 58.7 Å². The smallest absolute Gasteiger partial charge is 0.180 e. The van der Waals surface area contributed by atoms with Crippen LogP contribution in [0.2, 0.25) is 0 Å². The average Bonchev–Trinajstić information content (AvgIpc) is 2.54. The fourth-order valence-corrected chi connectivity index (χ4v) is 2.30. The zero-order valence-electron chi connectivity index (χ0n) is 11.8. The summed E-state index contributed by atoms with van der Waals surface area (Å²) in [6.07, 6.45) is 1.42. The number of hydrogen-bond acceptors (Lipinski definition) is 4. The first-order valence-electron chi connectivity index (χ1n) is 6.61. The van der Waals surface area contributed by atoms with Gasteiger partial charge in [0.15, 0.2) is 5.17 Å². The molecule has 0 fully saturated rings. The van der Waals surface area contributed by atoms with Crippen molar-refractivity contribution in [2.24, 2.45) is 15.9 Å². The summed E-state index contributed by atoms with van der Waals surface area (Å²) in [6.45, 7) is -0.329. The maximum atomic E-state index is 13.5. The topological polar surface area (TPSA) is 71.0 Å². The highest BCUT2D eigenvalue weighted by atomic mass is 32.2. The SMILES string of the molecule is NC(=NN=Cc1ccc(CO)c(F)c1)SCc1ccccc1. The van der Waals surface area contributed by atoms with Gasteiger partial charge in [0.25, 0.3) is 0 Å². The molecule has 0 radical (unpaired) electrons. The van der Waals surface area contributed by atoms with E-state index < -0.39 is 5.82 Å². The Morgan fingerprint density at radius 2 is 2.00 bits per heavy atom. The molecule has 6 heteroatoms. The van der Waals surface area contributed by atoms with E-state index in [4.69, 9.17) is 10.8 Å². The zero-order valence-corrected chi connectivity index (χ0v) is 12.6. The van der Waals surface area contributed by atoms with Gasteiger partial charge in [0.05, 0.1) is 12.8 Å². The summed E-state index contributed by atoms with van der Waals surface area (Å²) in [6, 6.07) is 14.4. The number of nitrogens with zero attached hydrogens (tertiary/aromatic N) is 2. The molecular weight excluding hydrogens is 301 g/mol. The molecule has 3 N–H and O–H groups in total. The highest BCUT2D eigenvalue weighted by Crippen LogP contribution is 2.12. The van der Waals surface area contributed by atoms with Gasteiger partial charge in [-0.3, -0.25) is 0 Å². The van der Waals surface area contributed by atoms with Crippen molar-refractivity contribution < 1.29 is 9.50 Å². The summed E-state index contributed by atoms with van der Waals surface area (Å²) in [7, 11) is 0. The largest absolute Gasteiger partial charge is 0.392 e. The van der Waals surface area contributed by atoms with Crippen molar-refractivity contribution in [3.05, 3.63) is 71.0 Å². The minimum absolute atomic E-state index is 0.249. The Morgan fingerprint density at radius 3 is 2.68 bits per heavy atom. The third-order valence-corrected chi connectivity index (χ3v) is 3.70. The molecule has 2 rings (SSSR count). The van der Waals surface area contributed by atoms with E-state index in [0.717, 1.165) is 5.56 Å². The lowest BCUT2D eigenvalue weighted by molar-refractivity contribution is 0.276. The molecule has 0 heterocycles. The Labute approximate surface area is 132 Å². The first kappa shape index (κ1) is 16.2. The number of aliphatic hydroxyl groups is 1. The van der Waals surface area contributed by atoms with Crippen molar-refractivity contribution in [1.82, 2.24) is 0 Å². The summed E-state index contributed by atoms with van der Waals surface area (Å²) in [5, 5.41) is 16.9. The van der Waals surface area contributed by atoms with Crippen molar-refractivity contribution in [2.75, 3.05) is 0 Å². The molecule has 0 amide bonds. The fourth-order valence-electron chi connectivity index (χ4n) is 1.68. The molecule has 0 saturated heterocycles. The summed E-state index contributed by atoms with van der Waals surface area (Å²) in [4.78, 5) is 0. The van der Waals surface area contributed by atoms with E-state index >= 15 is 0 Å². The first-order valence-corrected chi connectivity index (χ1v) is 7.60. The molecule has 0 aromatic heterocycles. The van der Waals surface area contributed by atoms with Gasteiger partial charge in [-0.2, -0.15) is 5.10 Å². The van der Waals surface area contributed by atoms with Crippen LogP contribution in [-0.4, -0.2) is 16.5 Å². The van der Waals surface area contributed by atoms with Crippen LogP contribution in [0.3, 0.4) is 0 Å². The number of aliphatic hydroxyl groups excluding tert-OH is 1. The highest BCUT2D eigenvalue weighted by Gasteiger charge is 2.00. The highest BCUT2D eigenvalue weighted by molar-refractivity contribution is 8.13. The van der Waals surface area contributed by atoms with Gasteiger partial charge in [-0.25, -0.2) is 4.39 Å². The molecule has 0 aliphatic carbocycles. The van der Waals surface area contributed by atoms with E-state index in [-0.39, 0.29) is 12.2 Å². The normalized spacial score (nSPS) is 12.0. The number of nitrogens with two attached hydrogens (primary N) is 1. The van der Waals surface area contributed by atoms with Gasteiger partial charge in [0, 0.05) is 11.3 Å². The van der Waals surface area contributed by atoms with Gasteiger partial charge in [-0.05, 0) is 17.2 Å². The summed E-state index contributed by atoms with van der Waals surface area (Å²) in [5.74, 6) is 0.243. The molecule has 0 spiro atoms. The predicted molar refractivity (Wildman–Crippen MR) is 89.3 cm³/mol. The molecule has 0 aliphatic heterocycles. The average molecular weight is 317 g/mol. The minimum Gasteiger partial charge on any atom is -0.392 e. The van der Waals surface area contributed by atoms with Crippen LogP contribution in [0.25, 0.3) is 0 Å². The van der Waals surface area contributed by atoms with Crippen molar-refractivity contribution in [2.45, 2.75) is 12.4 Å². The van der Waals surface area contributed by atoms with Gasteiger partial charge in [-0.1, -0.05) is 54.2 Å². The molecule has 4 nitrogen and oxygen atoms in total. The Hall–Kier alpha value is -2.18. The van der Waals surface area contributed by atoms with Crippen LogP contribution < -0.4 is 5.73 Å². The van der Waals surface area contributed by atoms with Crippen molar-refractivity contribution in [3.8, 4) is 0 Å². The summed E-state index contributed by atoms with van der Waals surface area (Å²) < 4.78 is 13.5. The molecule has 0 unspecified atom stereocenters. The molecule has 0 saturated carbocycles. The number of benzene rings is 2. The molecule has 0 atom stereocenters.